The van der Waals surface area contributed by atoms with Crippen LogP contribution >= 0.6 is 34.4 Å². The number of rotatable bonds is 6. The van der Waals surface area contributed by atoms with Crippen molar-refractivity contribution < 1.29 is 0 Å². The van der Waals surface area contributed by atoms with E-state index >= 15 is 0 Å². The number of hydrogen-bond acceptors (Lipinski definition) is 6. The first-order chi connectivity index (χ1) is 8.24. The van der Waals surface area contributed by atoms with Crippen LogP contribution in [0.2, 0.25) is 0 Å². The topological polar surface area (TPSA) is 37.8 Å². The molecule has 92 valence electrons. The van der Waals surface area contributed by atoms with E-state index in [2.05, 4.69) is 46.9 Å². The van der Waals surface area contributed by atoms with Crippen LogP contribution in [0.15, 0.2) is 21.9 Å². The van der Waals surface area contributed by atoms with E-state index in [4.69, 9.17) is 0 Å². The highest BCUT2D eigenvalue weighted by Gasteiger charge is 2.06. The molecule has 0 aromatic carbocycles. The van der Waals surface area contributed by atoms with E-state index in [1.54, 1.807) is 34.4 Å². The standard InChI is InChI=1S/C11H15N3S3/c1-8(2)16-11-14-13-10(17-11)12-6-5-9-4-3-7-15-9/h3-4,7-8H,5-6H2,1-2H3,(H,12,13). The maximum atomic E-state index is 4.14. The van der Waals surface area contributed by atoms with Crippen molar-refractivity contribution in [2.45, 2.75) is 29.9 Å². The average molecular weight is 285 g/mol. The molecule has 0 aliphatic rings. The second kappa shape index (κ2) is 6.37. The van der Waals surface area contributed by atoms with Crippen molar-refractivity contribution in [3.63, 3.8) is 0 Å². The molecule has 0 fully saturated rings. The minimum atomic E-state index is 0.557. The Bertz CT molecular complexity index is 437. The second-order valence-electron chi connectivity index (χ2n) is 3.80. The summed E-state index contributed by atoms with van der Waals surface area (Å²) in [6.07, 6.45) is 1.05. The molecule has 17 heavy (non-hydrogen) atoms. The van der Waals surface area contributed by atoms with E-state index in [0.29, 0.717) is 5.25 Å². The largest absolute Gasteiger partial charge is 0.360 e. The Balaban J connectivity index is 1.77. The van der Waals surface area contributed by atoms with Gasteiger partial charge in [-0.25, -0.2) is 0 Å². The second-order valence-corrected chi connectivity index (χ2v) is 7.63. The van der Waals surface area contributed by atoms with Crippen molar-refractivity contribution in [1.82, 2.24) is 10.2 Å². The van der Waals surface area contributed by atoms with Crippen molar-refractivity contribution in [3.05, 3.63) is 22.4 Å². The van der Waals surface area contributed by atoms with Gasteiger partial charge in [-0.2, -0.15) is 0 Å². The Morgan fingerprint density at radius 2 is 2.29 bits per heavy atom. The fourth-order valence-electron chi connectivity index (χ4n) is 1.28. The third kappa shape index (κ3) is 4.29. The van der Waals surface area contributed by atoms with Crippen LogP contribution < -0.4 is 5.32 Å². The van der Waals surface area contributed by atoms with E-state index in [0.717, 1.165) is 22.4 Å². The number of nitrogens with zero attached hydrogens (tertiary/aromatic N) is 2. The van der Waals surface area contributed by atoms with E-state index in [9.17, 15) is 0 Å². The summed E-state index contributed by atoms with van der Waals surface area (Å²) in [5.74, 6) is 0. The smallest absolute Gasteiger partial charge is 0.206 e. The molecule has 0 bridgehead atoms. The molecule has 0 spiro atoms. The minimum absolute atomic E-state index is 0.557. The number of aromatic nitrogens is 2. The van der Waals surface area contributed by atoms with Crippen LogP contribution in [0.25, 0.3) is 0 Å². The van der Waals surface area contributed by atoms with Crippen LogP contribution in [-0.4, -0.2) is 22.0 Å². The molecule has 0 saturated carbocycles. The quantitative estimate of drug-likeness (QED) is 0.820. The molecule has 1 N–H and O–H groups in total. The summed E-state index contributed by atoms with van der Waals surface area (Å²) in [4.78, 5) is 1.40. The van der Waals surface area contributed by atoms with Gasteiger partial charge < -0.3 is 5.32 Å². The van der Waals surface area contributed by atoms with Crippen LogP contribution in [0.1, 0.15) is 18.7 Å². The first kappa shape index (κ1) is 12.9. The van der Waals surface area contributed by atoms with Gasteiger partial charge in [0.25, 0.3) is 0 Å². The fraction of sp³-hybridized carbons (Fsp3) is 0.455. The molecule has 0 aliphatic carbocycles. The first-order valence-electron chi connectivity index (χ1n) is 5.50. The van der Waals surface area contributed by atoms with E-state index in [-0.39, 0.29) is 0 Å². The van der Waals surface area contributed by atoms with Gasteiger partial charge in [-0.3, -0.25) is 0 Å². The summed E-state index contributed by atoms with van der Waals surface area (Å²) in [5, 5.41) is 15.2. The van der Waals surface area contributed by atoms with Gasteiger partial charge in [0.2, 0.25) is 5.13 Å². The van der Waals surface area contributed by atoms with Crippen LogP contribution in [0.4, 0.5) is 5.13 Å². The molecule has 0 atom stereocenters. The number of thiophene rings is 1. The summed E-state index contributed by atoms with van der Waals surface area (Å²) >= 11 is 5.18. The van der Waals surface area contributed by atoms with Crippen molar-refractivity contribution in [3.8, 4) is 0 Å². The predicted octanol–water partition coefficient (Wildman–Crippen LogP) is 3.75. The SMILES string of the molecule is CC(C)Sc1nnc(NCCc2cccs2)s1. The zero-order valence-electron chi connectivity index (χ0n) is 9.84. The van der Waals surface area contributed by atoms with E-state index in [1.165, 1.54) is 4.88 Å². The monoisotopic (exact) mass is 285 g/mol. The number of nitrogens with one attached hydrogen (secondary N) is 1. The normalized spacial score (nSPS) is 11.0. The summed E-state index contributed by atoms with van der Waals surface area (Å²) in [6.45, 7) is 5.24. The van der Waals surface area contributed by atoms with Crippen molar-refractivity contribution >= 4 is 39.6 Å². The lowest BCUT2D eigenvalue weighted by molar-refractivity contribution is 0.975. The fourth-order valence-corrected chi connectivity index (χ4v) is 3.99. The highest BCUT2D eigenvalue weighted by molar-refractivity contribution is 8.01. The summed E-state index contributed by atoms with van der Waals surface area (Å²) in [5.41, 5.74) is 0. The number of thioether (sulfide) groups is 1. The lowest BCUT2D eigenvalue weighted by Crippen LogP contribution is -2.03. The molecular weight excluding hydrogens is 270 g/mol. The van der Waals surface area contributed by atoms with Gasteiger partial charge in [-0.15, -0.1) is 21.5 Å². The highest BCUT2D eigenvalue weighted by atomic mass is 32.2. The Morgan fingerprint density at radius 3 is 3.00 bits per heavy atom. The van der Waals surface area contributed by atoms with Gasteiger partial charge in [0, 0.05) is 16.7 Å². The summed E-state index contributed by atoms with van der Waals surface area (Å²) in [6, 6.07) is 4.24. The lowest BCUT2D eigenvalue weighted by atomic mass is 10.3. The first-order valence-corrected chi connectivity index (χ1v) is 8.08. The van der Waals surface area contributed by atoms with Crippen molar-refractivity contribution in [2.24, 2.45) is 0 Å². The molecule has 0 saturated heterocycles. The van der Waals surface area contributed by atoms with Crippen LogP contribution in [0, 0.1) is 0 Å². The molecule has 6 heteroatoms. The predicted molar refractivity (Wildman–Crippen MR) is 77.4 cm³/mol. The maximum Gasteiger partial charge on any atom is 0.206 e. The third-order valence-corrected chi connectivity index (χ3v) is 4.88. The summed E-state index contributed by atoms with van der Waals surface area (Å²) in [7, 11) is 0. The zero-order valence-corrected chi connectivity index (χ0v) is 12.3. The molecule has 0 amide bonds. The molecule has 2 aromatic heterocycles. The average Bonchev–Trinajstić information content (AvgIpc) is 2.89. The van der Waals surface area contributed by atoms with Crippen LogP contribution in [0.5, 0.6) is 0 Å². The Hall–Kier alpha value is -0.590. The lowest BCUT2D eigenvalue weighted by Gasteiger charge is -1.99. The maximum absolute atomic E-state index is 4.14. The van der Waals surface area contributed by atoms with Gasteiger partial charge in [-0.05, 0) is 17.9 Å². The molecule has 2 aromatic rings. The number of anilines is 1. The molecular formula is C11H15N3S3. The Labute approximate surface area is 114 Å². The van der Waals surface area contributed by atoms with Gasteiger partial charge in [0.1, 0.15) is 0 Å². The minimum Gasteiger partial charge on any atom is -0.360 e. The number of hydrogen-bond donors (Lipinski definition) is 1. The highest BCUT2D eigenvalue weighted by Crippen LogP contribution is 2.28. The molecule has 0 radical (unpaired) electrons. The van der Waals surface area contributed by atoms with E-state index < -0.39 is 0 Å². The molecule has 2 rings (SSSR count). The zero-order chi connectivity index (χ0) is 12.1. The van der Waals surface area contributed by atoms with Crippen LogP contribution in [-0.2, 0) is 6.42 Å². The molecule has 2 heterocycles. The summed E-state index contributed by atoms with van der Waals surface area (Å²) < 4.78 is 1.04. The van der Waals surface area contributed by atoms with Gasteiger partial charge in [0.05, 0.1) is 0 Å². The Kier molecular flexibility index (Phi) is 4.82. The van der Waals surface area contributed by atoms with Gasteiger partial charge in [0.15, 0.2) is 4.34 Å². The van der Waals surface area contributed by atoms with Crippen molar-refractivity contribution in [2.75, 3.05) is 11.9 Å². The Morgan fingerprint density at radius 1 is 1.41 bits per heavy atom. The molecule has 3 nitrogen and oxygen atoms in total. The van der Waals surface area contributed by atoms with Gasteiger partial charge in [-0.1, -0.05) is 43.0 Å². The van der Waals surface area contributed by atoms with Crippen LogP contribution in [0.3, 0.4) is 0 Å². The van der Waals surface area contributed by atoms with Gasteiger partial charge >= 0.3 is 0 Å². The molecule has 0 aliphatic heterocycles. The molecule has 0 unspecified atom stereocenters. The van der Waals surface area contributed by atoms with Crippen molar-refractivity contribution in [1.29, 1.82) is 0 Å². The van der Waals surface area contributed by atoms with E-state index in [1.807, 2.05) is 0 Å². The third-order valence-electron chi connectivity index (χ3n) is 1.97.